The van der Waals surface area contributed by atoms with E-state index in [1.54, 1.807) is 11.1 Å². The number of rotatable bonds is 5. The SMILES string of the molecule is CC[C@@H](C)N1CCC2(CC1)C(=O)N(Cc1ccccn1)C(=O)N2CC. The molecule has 3 heterocycles. The number of nitrogens with zero attached hydrogens (tertiary/aromatic N) is 4. The molecule has 1 spiro atoms. The highest BCUT2D eigenvalue weighted by Crippen LogP contribution is 2.38. The molecular weight excluding hydrogens is 316 g/mol. The van der Waals surface area contributed by atoms with Gasteiger partial charge in [0.2, 0.25) is 0 Å². The molecule has 6 heteroatoms. The van der Waals surface area contributed by atoms with E-state index in [0.717, 1.165) is 25.2 Å². The van der Waals surface area contributed by atoms with Gasteiger partial charge in [0.1, 0.15) is 5.54 Å². The van der Waals surface area contributed by atoms with E-state index in [-0.39, 0.29) is 18.5 Å². The zero-order valence-corrected chi connectivity index (χ0v) is 15.4. The van der Waals surface area contributed by atoms with Crippen LogP contribution in [0.5, 0.6) is 0 Å². The van der Waals surface area contributed by atoms with Crippen molar-refractivity contribution in [3.8, 4) is 0 Å². The van der Waals surface area contributed by atoms with Crippen LogP contribution < -0.4 is 0 Å². The van der Waals surface area contributed by atoms with Gasteiger partial charge in [0.15, 0.2) is 0 Å². The third-order valence-corrected chi connectivity index (χ3v) is 5.82. The number of carbonyl (C=O) groups is 2. The Morgan fingerprint density at radius 1 is 1.20 bits per heavy atom. The lowest BCUT2D eigenvalue weighted by molar-refractivity contribution is -0.136. The van der Waals surface area contributed by atoms with Crippen LogP contribution in [0.15, 0.2) is 24.4 Å². The molecule has 136 valence electrons. The molecule has 25 heavy (non-hydrogen) atoms. The van der Waals surface area contributed by atoms with E-state index < -0.39 is 5.54 Å². The summed E-state index contributed by atoms with van der Waals surface area (Å²) in [6.07, 6.45) is 4.23. The van der Waals surface area contributed by atoms with Crippen LogP contribution >= 0.6 is 0 Å². The summed E-state index contributed by atoms with van der Waals surface area (Å²) >= 11 is 0. The average Bonchev–Trinajstić information content (AvgIpc) is 2.83. The molecule has 2 fully saturated rings. The lowest BCUT2D eigenvalue weighted by atomic mass is 9.85. The third kappa shape index (κ3) is 3.03. The number of imide groups is 1. The highest BCUT2D eigenvalue weighted by molar-refractivity contribution is 6.07. The monoisotopic (exact) mass is 344 g/mol. The fourth-order valence-electron chi connectivity index (χ4n) is 4.09. The summed E-state index contributed by atoms with van der Waals surface area (Å²) in [5.74, 6) is -0.0474. The van der Waals surface area contributed by atoms with Crippen LogP contribution in [0.2, 0.25) is 0 Å². The first-order chi connectivity index (χ1) is 12.0. The Morgan fingerprint density at radius 3 is 2.48 bits per heavy atom. The summed E-state index contributed by atoms with van der Waals surface area (Å²) < 4.78 is 0. The van der Waals surface area contributed by atoms with Gasteiger partial charge in [-0.2, -0.15) is 0 Å². The first-order valence-corrected chi connectivity index (χ1v) is 9.31. The largest absolute Gasteiger partial charge is 0.328 e. The van der Waals surface area contributed by atoms with Crippen molar-refractivity contribution >= 4 is 11.9 Å². The van der Waals surface area contributed by atoms with Crippen molar-refractivity contribution in [3.63, 3.8) is 0 Å². The van der Waals surface area contributed by atoms with Gasteiger partial charge in [-0.25, -0.2) is 4.79 Å². The highest BCUT2D eigenvalue weighted by Gasteiger charge is 2.57. The van der Waals surface area contributed by atoms with Crippen LogP contribution in [-0.4, -0.2) is 62.8 Å². The molecule has 0 aliphatic carbocycles. The second kappa shape index (κ2) is 7.12. The first kappa shape index (κ1) is 17.9. The van der Waals surface area contributed by atoms with Crippen LogP contribution in [0.1, 0.15) is 45.7 Å². The first-order valence-electron chi connectivity index (χ1n) is 9.31. The van der Waals surface area contributed by atoms with E-state index in [4.69, 9.17) is 0 Å². The number of hydrogen-bond donors (Lipinski definition) is 0. The predicted octanol–water partition coefficient (Wildman–Crippen LogP) is 2.50. The van der Waals surface area contributed by atoms with Crippen LogP contribution in [0.25, 0.3) is 0 Å². The van der Waals surface area contributed by atoms with Gasteiger partial charge >= 0.3 is 6.03 Å². The number of aromatic nitrogens is 1. The zero-order valence-electron chi connectivity index (χ0n) is 15.4. The Labute approximate surface area is 149 Å². The van der Waals surface area contributed by atoms with E-state index in [9.17, 15) is 9.59 Å². The summed E-state index contributed by atoms with van der Waals surface area (Å²) in [5, 5.41) is 0. The zero-order chi connectivity index (χ0) is 18.0. The minimum Gasteiger partial charge on any atom is -0.310 e. The maximum absolute atomic E-state index is 13.2. The van der Waals surface area contributed by atoms with Crippen molar-refractivity contribution in [2.45, 2.75) is 58.2 Å². The Hall–Kier alpha value is -1.95. The topological polar surface area (TPSA) is 56.8 Å². The Kier molecular flexibility index (Phi) is 5.08. The van der Waals surface area contributed by atoms with Crippen LogP contribution in [0, 0.1) is 0 Å². The lowest BCUT2D eigenvalue weighted by Crippen LogP contribution is -2.57. The number of hydrogen-bond acceptors (Lipinski definition) is 4. The van der Waals surface area contributed by atoms with E-state index in [0.29, 0.717) is 25.4 Å². The predicted molar refractivity (Wildman–Crippen MR) is 95.9 cm³/mol. The van der Waals surface area contributed by atoms with Crippen molar-refractivity contribution in [2.24, 2.45) is 0 Å². The van der Waals surface area contributed by atoms with Crippen LogP contribution in [0.4, 0.5) is 4.79 Å². The number of pyridine rings is 1. The number of urea groups is 1. The molecule has 2 saturated heterocycles. The molecule has 0 saturated carbocycles. The van der Waals surface area contributed by atoms with Crippen LogP contribution in [-0.2, 0) is 11.3 Å². The van der Waals surface area contributed by atoms with Gasteiger partial charge in [-0.3, -0.25) is 14.7 Å². The molecule has 1 aromatic heterocycles. The summed E-state index contributed by atoms with van der Waals surface area (Å²) in [7, 11) is 0. The summed E-state index contributed by atoms with van der Waals surface area (Å²) in [4.78, 5) is 36.0. The van der Waals surface area contributed by atoms with E-state index in [1.807, 2.05) is 25.1 Å². The molecule has 1 atom stereocenters. The Balaban J connectivity index is 1.80. The molecule has 0 bridgehead atoms. The number of carbonyl (C=O) groups excluding carboxylic acids is 2. The average molecular weight is 344 g/mol. The highest BCUT2D eigenvalue weighted by atomic mass is 16.2. The number of amides is 3. The molecular formula is C19H28N4O2. The van der Waals surface area contributed by atoms with Gasteiger partial charge in [-0.1, -0.05) is 13.0 Å². The van der Waals surface area contributed by atoms with Crippen molar-refractivity contribution in [2.75, 3.05) is 19.6 Å². The molecule has 1 aromatic rings. The van der Waals surface area contributed by atoms with Crippen molar-refractivity contribution in [1.29, 1.82) is 0 Å². The molecule has 6 nitrogen and oxygen atoms in total. The van der Waals surface area contributed by atoms with E-state index in [2.05, 4.69) is 23.7 Å². The molecule has 0 unspecified atom stereocenters. The molecule has 2 aliphatic heterocycles. The molecule has 2 aliphatic rings. The molecule has 0 radical (unpaired) electrons. The quantitative estimate of drug-likeness (QED) is 0.770. The number of likely N-dealkylation sites (N-methyl/N-ethyl adjacent to an activating group) is 1. The normalized spacial score (nSPS) is 22.0. The minimum atomic E-state index is -0.662. The third-order valence-electron chi connectivity index (χ3n) is 5.82. The Morgan fingerprint density at radius 2 is 1.92 bits per heavy atom. The van der Waals surface area contributed by atoms with E-state index in [1.165, 1.54) is 4.90 Å². The summed E-state index contributed by atoms with van der Waals surface area (Å²) in [5.41, 5.74) is 0.0826. The maximum atomic E-state index is 13.2. The fraction of sp³-hybridized carbons (Fsp3) is 0.632. The summed E-state index contributed by atoms with van der Waals surface area (Å²) in [6, 6.07) is 5.92. The van der Waals surface area contributed by atoms with Gasteiger partial charge in [-0.05, 0) is 45.2 Å². The van der Waals surface area contributed by atoms with Crippen molar-refractivity contribution < 1.29 is 9.59 Å². The maximum Gasteiger partial charge on any atom is 0.328 e. The van der Waals surface area contributed by atoms with Gasteiger partial charge in [0.25, 0.3) is 5.91 Å². The molecule has 3 rings (SSSR count). The van der Waals surface area contributed by atoms with Crippen molar-refractivity contribution in [3.05, 3.63) is 30.1 Å². The fourth-order valence-corrected chi connectivity index (χ4v) is 4.09. The van der Waals surface area contributed by atoms with Gasteiger partial charge < -0.3 is 9.80 Å². The summed E-state index contributed by atoms with van der Waals surface area (Å²) in [6.45, 7) is 8.91. The van der Waals surface area contributed by atoms with Crippen LogP contribution in [0.3, 0.4) is 0 Å². The van der Waals surface area contributed by atoms with Crippen molar-refractivity contribution in [1.82, 2.24) is 19.7 Å². The Bertz CT molecular complexity index is 626. The smallest absolute Gasteiger partial charge is 0.310 e. The molecule has 0 aromatic carbocycles. The lowest BCUT2D eigenvalue weighted by Gasteiger charge is -2.43. The van der Waals surface area contributed by atoms with E-state index >= 15 is 0 Å². The van der Waals surface area contributed by atoms with Gasteiger partial charge in [0, 0.05) is 31.9 Å². The molecule has 0 N–H and O–H groups in total. The standard InChI is InChI=1S/C19H28N4O2/c1-4-15(3)21-12-9-19(10-13-21)17(24)22(18(25)23(19)5-2)14-16-8-6-7-11-20-16/h6-8,11,15H,4-5,9-10,12-14H2,1-3H3/t15-/m1/s1. The number of piperidine rings is 1. The minimum absolute atomic E-state index is 0.0474. The van der Waals surface area contributed by atoms with Gasteiger partial charge in [-0.15, -0.1) is 0 Å². The van der Waals surface area contributed by atoms with Gasteiger partial charge in [0.05, 0.1) is 12.2 Å². The number of likely N-dealkylation sites (tertiary alicyclic amines) is 1. The molecule has 3 amide bonds. The second-order valence-corrected chi connectivity index (χ2v) is 7.06. The second-order valence-electron chi connectivity index (χ2n) is 7.06.